The Morgan fingerprint density at radius 1 is 1.03 bits per heavy atom. The van der Waals surface area contributed by atoms with Gasteiger partial charge in [0.25, 0.3) is 0 Å². The summed E-state index contributed by atoms with van der Waals surface area (Å²) in [7, 11) is -8.92. The first kappa shape index (κ1) is 27.6. The number of unbranched alkanes of at least 4 members (excludes halogenated alkanes) is 1. The fourth-order valence-corrected chi connectivity index (χ4v) is 4.89. The highest BCUT2D eigenvalue weighted by Gasteiger charge is 2.30. The van der Waals surface area contributed by atoms with Gasteiger partial charge < -0.3 is 24.3 Å². The lowest BCUT2D eigenvalue weighted by Crippen LogP contribution is -2.33. The van der Waals surface area contributed by atoms with E-state index in [1.54, 1.807) is 24.3 Å². The second kappa shape index (κ2) is 12.6. The molecule has 1 aromatic rings. The number of hydrogen-bond acceptors (Lipinski definition) is 5. The molecular formula is C18H32N4O7P2. The molecule has 11 nitrogen and oxygen atoms in total. The van der Waals surface area contributed by atoms with E-state index in [1.807, 2.05) is 13.8 Å². The Bertz CT molecular complexity index is 797. The zero-order valence-corrected chi connectivity index (χ0v) is 19.7. The van der Waals surface area contributed by atoms with E-state index in [1.165, 1.54) is 0 Å². The number of benzene rings is 1. The van der Waals surface area contributed by atoms with Crippen molar-refractivity contribution in [3.05, 3.63) is 40.3 Å². The van der Waals surface area contributed by atoms with E-state index in [0.29, 0.717) is 25.0 Å². The van der Waals surface area contributed by atoms with Gasteiger partial charge in [-0.3, -0.25) is 14.0 Å². The van der Waals surface area contributed by atoms with Gasteiger partial charge in [0.2, 0.25) is 0 Å². The van der Waals surface area contributed by atoms with Gasteiger partial charge in [0.05, 0.1) is 0 Å². The summed E-state index contributed by atoms with van der Waals surface area (Å²) in [6, 6.07) is 6.95. The van der Waals surface area contributed by atoms with Gasteiger partial charge >= 0.3 is 15.2 Å². The molecule has 0 radical (unpaired) electrons. The molecule has 0 saturated heterocycles. The van der Waals surface area contributed by atoms with E-state index in [-0.39, 0.29) is 6.54 Å². The normalized spacial score (nSPS) is 14.2. The van der Waals surface area contributed by atoms with E-state index < -0.39 is 33.5 Å². The topological polar surface area (TPSA) is 176 Å². The van der Waals surface area contributed by atoms with Crippen molar-refractivity contribution in [2.75, 3.05) is 19.1 Å². The molecule has 1 atom stereocenters. The Kier molecular flexibility index (Phi) is 11.2. The van der Waals surface area contributed by atoms with Gasteiger partial charge in [0.15, 0.2) is 5.72 Å². The summed E-state index contributed by atoms with van der Waals surface area (Å²) in [5.41, 5.74) is 8.84. The van der Waals surface area contributed by atoms with Crippen molar-refractivity contribution in [1.82, 2.24) is 4.90 Å². The number of nitrogens with zero attached hydrogens (tertiary/aromatic N) is 4. The predicted octanol–water partition coefficient (Wildman–Crippen LogP) is 4.18. The molecule has 4 N–H and O–H groups in total. The molecule has 0 spiro atoms. The second-order valence-electron chi connectivity index (χ2n) is 7.49. The molecule has 0 bridgehead atoms. The van der Waals surface area contributed by atoms with Crippen molar-refractivity contribution in [3.8, 4) is 5.75 Å². The number of ether oxygens (including phenoxy) is 1. The molecule has 176 valence electrons. The Morgan fingerprint density at radius 2 is 1.61 bits per heavy atom. The maximum absolute atomic E-state index is 11.2. The summed E-state index contributed by atoms with van der Waals surface area (Å²) >= 11 is 0. The zero-order chi connectivity index (χ0) is 23.5. The second-order valence-corrected chi connectivity index (χ2v) is 10.7. The fourth-order valence-electron chi connectivity index (χ4n) is 3.21. The number of rotatable bonds is 15. The lowest BCUT2D eigenvalue weighted by atomic mass is 10.0. The first-order chi connectivity index (χ1) is 14.4. The first-order valence-corrected chi connectivity index (χ1v) is 13.7. The predicted molar refractivity (Wildman–Crippen MR) is 118 cm³/mol. The van der Waals surface area contributed by atoms with Crippen molar-refractivity contribution in [1.29, 1.82) is 0 Å². The van der Waals surface area contributed by atoms with Crippen LogP contribution in [-0.4, -0.2) is 49.3 Å². The van der Waals surface area contributed by atoms with Crippen LogP contribution < -0.4 is 4.74 Å². The summed E-state index contributed by atoms with van der Waals surface area (Å²) in [6.07, 6.45) is 2.62. The van der Waals surface area contributed by atoms with Crippen LogP contribution in [0.3, 0.4) is 0 Å². The van der Waals surface area contributed by atoms with Crippen LogP contribution in [0.4, 0.5) is 0 Å². The molecule has 31 heavy (non-hydrogen) atoms. The Morgan fingerprint density at radius 3 is 2.06 bits per heavy atom. The van der Waals surface area contributed by atoms with E-state index in [4.69, 9.17) is 29.8 Å². The Hall–Kier alpha value is -1.41. The number of hydrogen-bond donors (Lipinski definition) is 4. The Labute approximate surface area is 182 Å². The van der Waals surface area contributed by atoms with Crippen LogP contribution in [-0.2, 0) is 15.6 Å². The minimum absolute atomic E-state index is 0.0609. The summed E-state index contributed by atoms with van der Waals surface area (Å²) < 4.78 is 28.6. The smallest absolute Gasteiger partial charge is 0.339 e. The molecule has 1 unspecified atom stereocenters. The van der Waals surface area contributed by atoms with Crippen LogP contribution in [0.2, 0.25) is 0 Å². The summed E-state index contributed by atoms with van der Waals surface area (Å²) in [5.74, 6) is 0.531. The lowest BCUT2D eigenvalue weighted by molar-refractivity contribution is 0.0541. The maximum atomic E-state index is 11.2. The van der Waals surface area contributed by atoms with Gasteiger partial charge in [0, 0.05) is 11.5 Å². The SMILES string of the molecule is CCCCC(CCC)(N=[N+]=[N-])Oc1ccc(CCN(CP(=O)(O)O)CP(=O)(O)O)cc1. The van der Waals surface area contributed by atoms with Crippen LogP contribution in [0, 0.1) is 0 Å². The van der Waals surface area contributed by atoms with Gasteiger partial charge in [-0.25, -0.2) is 0 Å². The molecule has 0 aromatic heterocycles. The summed E-state index contributed by atoms with van der Waals surface area (Å²) in [5, 5.41) is 3.93. The van der Waals surface area contributed by atoms with E-state index in [2.05, 4.69) is 10.0 Å². The molecule has 1 aromatic carbocycles. The maximum Gasteiger partial charge on any atom is 0.339 e. The molecule has 0 aliphatic heterocycles. The van der Waals surface area contributed by atoms with Crippen molar-refractivity contribution in [2.24, 2.45) is 5.11 Å². The van der Waals surface area contributed by atoms with Crippen molar-refractivity contribution in [3.63, 3.8) is 0 Å². The third-order valence-corrected chi connectivity index (χ3v) is 6.04. The molecule has 0 aliphatic rings. The van der Waals surface area contributed by atoms with Gasteiger partial charge in [-0.05, 0) is 54.0 Å². The average molecular weight is 478 g/mol. The third kappa shape index (κ3) is 11.7. The van der Waals surface area contributed by atoms with E-state index in [0.717, 1.165) is 29.7 Å². The summed E-state index contributed by atoms with van der Waals surface area (Å²) in [6.45, 7) is 4.09. The van der Waals surface area contributed by atoms with Gasteiger partial charge in [-0.15, -0.1) is 0 Å². The average Bonchev–Trinajstić information content (AvgIpc) is 2.64. The largest absolute Gasteiger partial charge is 0.481 e. The highest BCUT2D eigenvalue weighted by molar-refractivity contribution is 7.52. The standard InChI is InChI=1S/C18H32N4O7P2/c1-3-5-12-18(11-4-2,20-21-19)29-17-8-6-16(7-9-17)10-13-22(14-30(23,24)25)15-31(26,27)28/h6-9H,3-5,10-15H2,1-2H3,(H2,23,24,25)(H2,26,27,28). The third-order valence-electron chi connectivity index (χ3n) is 4.50. The molecule has 13 heteroatoms. The van der Waals surface area contributed by atoms with Crippen LogP contribution in [0.1, 0.15) is 51.5 Å². The molecule has 0 amide bonds. The zero-order valence-electron chi connectivity index (χ0n) is 17.9. The van der Waals surface area contributed by atoms with Crippen LogP contribution in [0.15, 0.2) is 29.4 Å². The fraction of sp³-hybridized carbons (Fsp3) is 0.667. The van der Waals surface area contributed by atoms with E-state index >= 15 is 0 Å². The Balaban J connectivity index is 2.87. The molecular weight excluding hydrogens is 446 g/mol. The van der Waals surface area contributed by atoms with Crippen molar-refractivity contribution < 1.29 is 33.4 Å². The lowest BCUT2D eigenvalue weighted by Gasteiger charge is -2.30. The van der Waals surface area contributed by atoms with Crippen molar-refractivity contribution >= 4 is 15.2 Å². The van der Waals surface area contributed by atoms with Crippen LogP contribution in [0.25, 0.3) is 10.4 Å². The molecule has 0 heterocycles. The van der Waals surface area contributed by atoms with Crippen LogP contribution in [0.5, 0.6) is 5.75 Å². The molecule has 0 fully saturated rings. The number of azide groups is 1. The monoisotopic (exact) mass is 478 g/mol. The highest BCUT2D eigenvalue weighted by Crippen LogP contribution is 2.40. The first-order valence-electron chi connectivity index (χ1n) is 10.1. The van der Waals surface area contributed by atoms with E-state index in [9.17, 15) is 9.13 Å². The highest BCUT2D eigenvalue weighted by atomic mass is 31.2. The minimum Gasteiger partial charge on any atom is -0.481 e. The summed E-state index contributed by atoms with van der Waals surface area (Å²) in [4.78, 5) is 40.6. The molecule has 0 aliphatic carbocycles. The molecule has 1 rings (SSSR count). The van der Waals surface area contributed by atoms with Crippen molar-refractivity contribution in [2.45, 2.75) is 58.1 Å². The molecule has 0 saturated carbocycles. The van der Waals surface area contributed by atoms with Gasteiger partial charge in [0.1, 0.15) is 18.3 Å². The van der Waals surface area contributed by atoms with Crippen LogP contribution >= 0.6 is 15.2 Å². The van der Waals surface area contributed by atoms with Gasteiger partial charge in [-0.2, -0.15) is 0 Å². The quantitative estimate of drug-likeness (QED) is 0.126. The minimum atomic E-state index is -4.46. The van der Waals surface area contributed by atoms with Gasteiger partial charge in [-0.1, -0.05) is 38.8 Å².